The Morgan fingerprint density at radius 1 is 1.19 bits per heavy atom. The van der Waals surface area contributed by atoms with Gasteiger partial charge < -0.3 is 20.7 Å². The maximum Gasteiger partial charge on any atom is 0.263 e. The number of nitrogens with two attached hydrogens (primary N) is 1. The average molecular weight is 470 g/mol. The van der Waals surface area contributed by atoms with E-state index in [1.54, 1.807) is 29.8 Å². The number of thiazole rings is 1. The summed E-state index contributed by atoms with van der Waals surface area (Å²) in [5.74, 6) is 0.528. The summed E-state index contributed by atoms with van der Waals surface area (Å²) >= 11 is 1.23. The number of rotatable bonds is 5. The molecule has 2 aliphatic heterocycles. The van der Waals surface area contributed by atoms with Crippen LogP contribution in [0.15, 0.2) is 58.9 Å². The fourth-order valence-corrected chi connectivity index (χ4v) is 5.78. The van der Waals surface area contributed by atoms with Crippen LogP contribution in [0.2, 0.25) is 0 Å². The van der Waals surface area contributed by atoms with E-state index in [1.165, 1.54) is 16.9 Å². The van der Waals surface area contributed by atoms with Crippen LogP contribution >= 0.6 is 11.3 Å². The summed E-state index contributed by atoms with van der Waals surface area (Å²) in [5.41, 5.74) is 11.0. The predicted molar refractivity (Wildman–Crippen MR) is 128 cm³/mol. The Morgan fingerprint density at radius 3 is 2.84 bits per heavy atom. The fourth-order valence-electron chi connectivity index (χ4n) is 3.98. The van der Waals surface area contributed by atoms with Gasteiger partial charge in [-0.25, -0.2) is 13.4 Å². The summed E-state index contributed by atoms with van der Waals surface area (Å²) in [6, 6.07) is 10.9. The van der Waals surface area contributed by atoms with Crippen molar-refractivity contribution in [2.75, 3.05) is 41.6 Å². The molecule has 8 nitrogen and oxygen atoms in total. The van der Waals surface area contributed by atoms with E-state index >= 15 is 0 Å². The first-order chi connectivity index (χ1) is 15.5. The molecule has 166 valence electrons. The zero-order chi connectivity index (χ0) is 22.1. The normalized spacial score (nSPS) is 16.1. The molecule has 0 amide bonds. The van der Waals surface area contributed by atoms with Crippen LogP contribution in [-0.2, 0) is 10.0 Å². The molecule has 0 radical (unpaired) electrons. The van der Waals surface area contributed by atoms with Crippen LogP contribution in [0.3, 0.4) is 0 Å². The third-order valence-electron chi connectivity index (χ3n) is 5.48. The van der Waals surface area contributed by atoms with Gasteiger partial charge in [-0.15, -0.1) is 11.3 Å². The average Bonchev–Trinajstić information content (AvgIpc) is 3.31. The first-order valence-electron chi connectivity index (χ1n) is 10.3. The van der Waals surface area contributed by atoms with Crippen LogP contribution < -0.4 is 25.4 Å². The number of nitrogen functional groups attached to an aromatic ring is 1. The molecule has 0 bridgehead atoms. The van der Waals surface area contributed by atoms with Crippen LogP contribution in [0.25, 0.3) is 5.57 Å². The number of hydrogen-bond acceptors (Lipinski definition) is 8. The molecular weight excluding hydrogens is 446 g/mol. The minimum atomic E-state index is -3.76. The molecule has 0 fully saturated rings. The molecular formula is C22H23N5O3S2. The molecule has 10 heteroatoms. The Balaban J connectivity index is 1.52. The minimum Gasteiger partial charge on any atom is -0.489 e. The molecule has 3 aromatic rings. The molecule has 0 aliphatic carbocycles. The van der Waals surface area contributed by atoms with Gasteiger partial charge in [-0.2, -0.15) is 0 Å². The van der Waals surface area contributed by atoms with E-state index in [-0.39, 0.29) is 4.90 Å². The number of fused-ring (bicyclic) bond motifs is 1. The van der Waals surface area contributed by atoms with Crippen LogP contribution in [0.5, 0.6) is 5.75 Å². The van der Waals surface area contributed by atoms with Gasteiger partial charge in [0, 0.05) is 41.1 Å². The van der Waals surface area contributed by atoms with Crippen LogP contribution in [0.1, 0.15) is 12.0 Å². The fraction of sp³-hybridized carbons (Fsp3) is 0.227. The van der Waals surface area contributed by atoms with Crippen molar-refractivity contribution in [1.29, 1.82) is 0 Å². The Hall–Kier alpha value is -3.08. The van der Waals surface area contributed by atoms with Gasteiger partial charge in [-0.05, 0) is 48.9 Å². The molecule has 32 heavy (non-hydrogen) atoms. The monoisotopic (exact) mass is 469 g/mol. The van der Waals surface area contributed by atoms with Gasteiger partial charge in [-0.1, -0.05) is 6.08 Å². The lowest BCUT2D eigenvalue weighted by Gasteiger charge is -2.33. The molecule has 1 aromatic heterocycles. The number of benzene rings is 2. The van der Waals surface area contributed by atoms with Crippen LogP contribution in [0, 0.1) is 0 Å². The van der Waals surface area contributed by atoms with E-state index in [1.807, 2.05) is 18.2 Å². The molecule has 0 unspecified atom stereocenters. The summed E-state index contributed by atoms with van der Waals surface area (Å²) in [6.45, 7) is 2.85. The summed E-state index contributed by atoms with van der Waals surface area (Å²) in [6.07, 6.45) is 4.68. The molecule has 0 spiro atoms. The number of sulfonamides is 1. The van der Waals surface area contributed by atoms with Gasteiger partial charge in [0.25, 0.3) is 10.0 Å². The maximum absolute atomic E-state index is 12.8. The first kappa shape index (κ1) is 20.8. The molecule has 2 aromatic carbocycles. The van der Waals surface area contributed by atoms with Crippen molar-refractivity contribution in [2.45, 2.75) is 11.3 Å². The molecule has 0 saturated carbocycles. The summed E-state index contributed by atoms with van der Waals surface area (Å²) in [4.78, 5) is 6.30. The highest BCUT2D eigenvalue weighted by Crippen LogP contribution is 2.42. The second kappa shape index (κ2) is 8.45. The molecule has 0 atom stereocenters. The van der Waals surface area contributed by atoms with Crippen molar-refractivity contribution in [3.05, 3.63) is 59.6 Å². The standard InChI is InChI=1S/C22H23N5O3S2/c23-16-1-3-19(18(13-16)15-5-7-24-8-6-15)27-10-11-30-21-14-17(2-4-20(21)27)32(28,29)26-22-25-9-12-31-22/h1-5,9,12-14,24H,6-8,10-11,23H2,(H,25,26). The molecule has 3 heterocycles. The Bertz CT molecular complexity index is 1270. The third-order valence-corrected chi connectivity index (χ3v) is 7.63. The zero-order valence-corrected chi connectivity index (χ0v) is 18.9. The van der Waals surface area contributed by atoms with Crippen LogP contribution in [-0.4, -0.2) is 39.6 Å². The Kier molecular flexibility index (Phi) is 5.50. The van der Waals surface area contributed by atoms with Gasteiger partial charge >= 0.3 is 0 Å². The molecule has 2 aliphatic rings. The third kappa shape index (κ3) is 4.04. The maximum atomic E-state index is 12.8. The largest absolute Gasteiger partial charge is 0.489 e. The number of nitrogens with zero attached hydrogens (tertiary/aromatic N) is 2. The lowest BCUT2D eigenvalue weighted by molar-refractivity contribution is 0.313. The Morgan fingerprint density at radius 2 is 2.06 bits per heavy atom. The SMILES string of the molecule is Nc1ccc(N2CCOc3cc(S(=O)(=O)Nc4nccs4)ccc32)c(C2=CCNCC2)c1. The Labute approximate surface area is 190 Å². The van der Waals surface area contributed by atoms with Crippen molar-refractivity contribution < 1.29 is 13.2 Å². The first-order valence-corrected chi connectivity index (χ1v) is 12.6. The summed E-state index contributed by atoms with van der Waals surface area (Å²) in [7, 11) is -3.76. The van der Waals surface area contributed by atoms with Crippen molar-refractivity contribution in [2.24, 2.45) is 0 Å². The van der Waals surface area contributed by atoms with E-state index in [0.29, 0.717) is 29.7 Å². The molecule has 0 saturated heterocycles. The van der Waals surface area contributed by atoms with Gasteiger partial charge in [0.15, 0.2) is 5.13 Å². The number of anilines is 4. The van der Waals surface area contributed by atoms with Crippen molar-refractivity contribution in [1.82, 2.24) is 10.3 Å². The number of hydrogen-bond donors (Lipinski definition) is 3. The number of nitrogens with one attached hydrogen (secondary N) is 2. The highest BCUT2D eigenvalue weighted by atomic mass is 32.2. The highest BCUT2D eigenvalue weighted by molar-refractivity contribution is 7.93. The van der Waals surface area contributed by atoms with Crippen molar-refractivity contribution in [3.8, 4) is 5.75 Å². The van der Waals surface area contributed by atoms with Gasteiger partial charge in [-0.3, -0.25) is 4.72 Å². The highest BCUT2D eigenvalue weighted by Gasteiger charge is 2.26. The molecule has 5 rings (SSSR count). The van der Waals surface area contributed by atoms with E-state index in [9.17, 15) is 8.42 Å². The lowest BCUT2D eigenvalue weighted by Crippen LogP contribution is -2.30. The van der Waals surface area contributed by atoms with Gasteiger partial charge in [0.1, 0.15) is 12.4 Å². The topological polar surface area (TPSA) is 110 Å². The van der Waals surface area contributed by atoms with Gasteiger partial charge in [0.2, 0.25) is 0 Å². The van der Waals surface area contributed by atoms with Crippen molar-refractivity contribution in [3.63, 3.8) is 0 Å². The summed E-state index contributed by atoms with van der Waals surface area (Å²) in [5, 5.41) is 5.38. The minimum absolute atomic E-state index is 0.131. The predicted octanol–water partition coefficient (Wildman–Crippen LogP) is 3.43. The van der Waals surface area contributed by atoms with E-state index < -0.39 is 10.0 Å². The molecule has 4 N–H and O–H groups in total. The van der Waals surface area contributed by atoms with Crippen molar-refractivity contribution >= 4 is 49.1 Å². The second-order valence-corrected chi connectivity index (χ2v) is 10.1. The van der Waals surface area contributed by atoms with E-state index in [0.717, 1.165) is 36.4 Å². The van der Waals surface area contributed by atoms with Crippen LogP contribution in [0.4, 0.5) is 22.2 Å². The lowest BCUT2D eigenvalue weighted by atomic mass is 9.96. The van der Waals surface area contributed by atoms with E-state index in [4.69, 9.17) is 10.5 Å². The smallest absolute Gasteiger partial charge is 0.263 e. The summed E-state index contributed by atoms with van der Waals surface area (Å²) < 4.78 is 34.0. The quantitative estimate of drug-likeness (QED) is 0.491. The second-order valence-electron chi connectivity index (χ2n) is 7.53. The number of ether oxygens (including phenoxy) is 1. The number of aromatic nitrogens is 1. The van der Waals surface area contributed by atoms with E-state index in [2.05, 4.69) is 26.0 Å². The van der Waals surface area contributed by atoms with Gasteiger partial charge in [0.05, 0.1) is 17.1 Å². The zero-order valence-electron chi connectivity index (χ0n) is 17.2.